The highest BCUT2D eigenvalue weighted by Crippen LogP contribution is 2.41. The van der Waals surface area contributed by atoms with Gasteiger partial charge in [-0.2, -0.15) is 10.1 Å². The highest BCUT2D eigenvalue weighted by Gasteiger charge is 2.43. The van der Waals surface area contributed by atoms with Crippen LogP contribution in [0.2, 0.25) is 0 Å². The molecule has 4 atom stereocenters. The second kappa shape index (κ2) is 9.52. The first-order valence-electron chi connectivity index (χ1n) is 10.3. The van der Waals surface area contributed by atoms with E-state index in [4.69, 9.17) is 14.6 Å². The number of nitrogens with zero attached hydrogens (tertiary/aromatic N) is 7. The van der Waals surface area contributed by atoms with Crippen LogP contribution in [0.1, 0.15) is 18.9 Å². The second-order valence-corrected chi connectivity index (χ2v) is 7.95. The summed E-state index contributed by atoms with van der Waals surface area (Å²) >= 11 is 0. The minimum atomic E-state index is -0.444. The van der Waals surface area contributed by atoms with Crippen molar-refractivity contribution in [2.24, 2.45) is 11.8 Å². The van der Waals surface area contributed by atoms with Gasteiger partial charge in [-0.1, -0.05) is 0 Å². The van der Waals surface area contributed by atoms with Gasteiger partial charge in [-0.25, -0.2) is 19.0 Å². The molecule has 0 bridgehead atoms. The maximum Gasteiger partial charge on any atom is 0.290 e. The van der Waals surface area contributed by atoms with Crippen molar-refractivity contribution < 1.29 is 24.1 Å². The van der Waals surface area contributed by atoms with Gasteiger partial charge in [0.15, 0.2) is 11.6 Å². The van der Waals surface area contributed by atoms with Crippen molar-refractivity contribution >= 4 is 18.2 Å². The Morgan fingerprint density at radius 1 is 1.16 bits per heavy atom. The maximum absolute atomic E-state index is 14.3. The number of aliphatic hydroxyl groups is 1. The lowest BCUT2D eigenvalue weighted by molar-refractivity contribution is -0.122. The largest absolute Gasteiger partial charge is 0.483 e. The van der Waals surface area contributed by atoms with Crippen molar-refractivity contribution in [3.05, 3.63) is 24.7 Å². The van der Waals surface area contributed by atoms with Crippen LogP contribution in [0, 0.1) is 17.7 Å². The summed E-state index contributed by atoms with van der Waals surface area (Å²) in [6, 6.07) is -0.0539. The summed E-state index contributed by atoms with van der Waals surface area (Å²) in [7, 11) is 0. The average molecular weight is 435 g/mol. The van der Waals surface area contributed by atoms with E-state index in [0.29, 0.717) is 56.3 Å². The molecule has 3 fully saturated rings. The lowest BCUT2D eigenvalue weighted by atomic mass is 9.77. The Bertz CT molecular complexity index is 865. The molecule has 2 saturated heterocycles. The first-order chi connectivity index (χ1) is 15.1. The smallest absolute Gasteiger partial charge is 0.290 e. The van der Waals surface area contributed by atoms with E-state index in [1.165, 1.54) is 12.5 Å². The number of rotatable bonds is 3. The van der Waals surface area contributed by atoms with Crippen LogP contribution in [0.25, 0.3) is 0 Å². The number of aromatic nitrogens is 5. The first-order valence-corrected chi connectivity index (χ1v) is 10.3. The van der Waals surface area contributed by atoms with Crippen LogP contribution >= 0.6 is 0 Å². The first kappa shape index (κ1) is 21.4. The number of anilines is 2. The van der Waals surface area contributed by atoms with E-state index in [-0.39, 0.29) is 12.5 Å². The van der Waals surface area contributed by atoms with Crippen LogP contribution in [-0.2, 0) is 9.53 Å². The van der Waals surface area contributed by atoms with Gasteiger partial charge in [0.05, 0.1) is 31.6 Å². The van der Waals surface area contributed by atoms with Crippen LogP contribution in [0.5, 0.6) is 0 Å². The predicted octanol–water partition coefficient (Wildman–Crippen LogP) is 0.193. The number of carbonyl (C=O) groups is 1. The van der Waals surface area contributed by atoms with Crippen molar-refractivity contribution in [2.75, 3.05) is 49.2 Å². The Kier molecular flexibility index (Phi) is 6.56. The molecule has 2 aromatic heterocycles. The van der Waals surface area contributed by atoms with Gasteiger partial charge in [-0.3, -0.25) is 4.79 Å². The van der Waals surface area contributed by atoms with Gasteiger partial charge in [0.2, 0.25) is 5.95 Å². The Hall–Kier alpha value is -2.86. The number of hydrogen-bond donors (Lipinski definition) is 2. The molecule has 1 aliphatic carbocycles. The predicted molar refractivity (Wildman–Crippen MR) is 107 cm³/mol. The third kappa shape index (κ3) is 4.59. The van der Waals surface area contributed by atoms with E-state index in [1.54, 1.807) is 11.0 Å². The SMILES string of the molecule is O=CO.O[C@@H]1C[C@H]2CN(c3ncc(F)c(N4CCOCC4)n3)C[C@H]2C[C@H]1n1cncn1. The highest BCUT2D eigenvalue weighted by atomic mass is 19.1. The van der Waals surface area contributed by atoms with Crippen LogP contribution in [0.3, 0.4) is 0 Å². The molecule has 5 rings (SSSR count). The van der Waals surface area contributed by atoms with Gasteiger partial charge in [0, 0.05) is 26.2 Å². The number of halogens is 1. The van der Waals surface area contributed by atoms with Crippen molar-refractivity contribution in [1.29, 1.82) is 0 Å². The zero-order valence-corrected chi connectivity index (χ0v) is 17.0. The van der Waals surface area contributed by atoms with Crippen molar-refractivity contribution in [3.8, 4) is 0 Å². The Morgan fingerprint density at radius 2 is 1.87 bits per heavy atom. The molecule has 4 heterocycles. The molecular formula is C19H26FN7O4. The lowest BCUT2D eigenvalue weighted by Crippen LogP contribution is -2.37. The molecule has 0 amide bonds. The standard InChI is InChI=1S/C18H24FN7O2.CH2O2/c19-14-7-21-18(23-17(14)24-1-3-28-4-2-24)25-8-12-5-15(26-11-20-10-22-26)16(27)6-13(12)9-25;2-1-3/h7,10-13,15-16,27H,1-6,8-9H2;1H,(H,2,3)/t12-,13+,15-,16-;/m1./s1. The highest BCUT2D eigenvalue weighted by molar-refractivity contribution is 5.46. The third-order valence-corrected chi connectivity index (χ3v) is 6.19. The van der Waals surface area contributed by atoms with Crippen LogP contribution in [-0.4, -0.2) is 86.9 Å². The number of carboxylic acid groups (broad SMARTS) is 1. The van der Waals surface area contributed by atoms with E-state index >= 15 is 0 Å². The summed E-state index contributed by atoms with van der Waals surface area (Å²) in [6.07, 6.45) is 5.54. The normalized spacial score (nSPS) is 27.9. The molecule has 31 heavy (non-hydrogen) atoms. The van der Waals surface area contributed by atoms with Crippen LogP contribution in [0.15, 0.2) is 18.9 Å². The monoisotopic (exact) mass is 435 g/mol. The molecule has 2 N–H and O–H groups in total. The number of aliphatic hydroxyl groups excluding tert-OH is 1. The minimum absolute atomic E-state index is 0.0539. The van der Waals surface area contributed by atoms with Gasteiger partial charge < -0.3 is 24.7 Å². The lowest BCUT2D eigenvalue weighted by Gasteiger charge is -2.34. The molecule has 168 valence electrons. The molecule has 12 heteroatoms. The fourth-order valence-electron chi connectivity index (χ4n) is 4.74. The van der Waals surface area contributed by atoms with Gasteiger partial charge in [0.25, 0.3) is 6.47 Å². The zero-order valence-electron chi connectivity index (χ0n) is 17.0. The van der Waals surface area contributed by atoms with Crippen molar-refractivity contribution in [3.63, 3.8) is 0 Å². The van der Waals surface area contributed by atoms with Gasteiger partial charge >= 0.3 is 0 Å². The summed E-state index contributed by atoms with van der Waals surface area (Å²) in [5.41, 5.74) is 0. The number of hydrogen-bond acceptors (Lipinski definition) is 9. The molecule has 3 aliphatic rings. The zero-order chi connectivity index (χ0) is 21.8. The van der Waals surface area contributed by atoms with Crippen LogP contribution < -0.4 is 9.80 Å². The molecule has 0 aromatic carbocycles. The fourth-order valence-corrected chi connectivity index (χ4v) is 4.74. The quantitative estimate of drug-likeness (QED) is 0.645. The van der Waals surface area contributed by atoms with Gasteiger partial charge in [-0.15, -0.1) is 0 Å². The molecule has 2 aliphatic heterocycles. The van der Waals surface area contributed by atoms with Gasteiger partial charge in [-0.05, 0) is 24.7 Å². The number of morpholine rings is 1. The molecule has 0 spiro atoms. The fraction of sp³-hybridized carbons (Fsp3) is 0.632. The van der Waals surface area contributed by atoms with E-state index < -0.39 is 11.9 Å². The maximum atomic E-state index is 14.3. The molecule has 0 unspecified atom stereocenters. The summed E-state index contributed by atoms with van der Waals surface area (Å²) in [5, 5.41) is 21.7. The Balaban J connectivity index is 0.000000730. The minimum Gasteiger partial charge on any atom is -0.483 e. The topological polar surface area (TPSA) is 130 Å². The third-order valence-electron chi connectivity index (χ3n) is 6.19. The number of ether oxygens (including phenoxy) is 1. The van der Waals surface area contributed by atoms with E-state index in [0.717, 1.165) is 19.5 Å². The van der Waals surface area contributed by atoms with E-state index in [2.05, 4.69) is 25.0 Å². The summed E-state index contributed by atoms with van der Waals surface area (Å²) < 4.78 is 21.4. The Labute approximate surface area is 178 Å². The van der Waals surface area contributed by atoms with Crippen molar-refractivity contribution in [1.82, 2.24) is 24.7 Å². The molecule has 2 aromatic rings. The number of fused-ring (bicyclic) bond motifs is 1. The summed E-state index contributed by atoms with van der Waals surface area (Å²) in [4.78, 5) is 25.2. The molecule has 11 nitrogen and oxygen atoms in total. The van der Waals surface area contributed by atoms with Crippen LogP contribution in [0.4, 0.5) is 16.2 Å². The second-order valence-electron chi connectivity index (χ2n) is 7.95. The summed E-state index contributed by atoms with van der Waals surface area (Å²) in [6.45, 7) is 3.74. The molecule has 0 radical (unpaired) electrons. The molecular weight excluding hydrogens is 409 g/mol. The van der Waals surface area contributed by atoms with E-state index in [9.17, 15) is 9.50 Å². The summed E-state index contributed by atoms with van der Waals surface area (Å²) in [5.74, 6) is 1.30. The van der Waals surface area contributed by atoms with Gasteiger partial charge in [0.1, 0.15) is 12.7 Å². The average Bonchev–Trinajstić information content (AvgIpc) is 3.44. The van der Waals surface area contributed by atoms with E-state index in [1.807, 2.05) is 4.90 Å². The Morgan fingerprint density at radius 3 is 2.55 bits per heavy atom. The molecule has 1 saturated carbocycles. The van der Waals surface area contributed by atoms with Crippen molar-refractivity contribution in [2.45, 2.75) is 25.0 Å².